The molecule has 0 saturated heterocycles. The number of ether oxygens (including phenoxy) is 1. The summed E-state index contributed by atoms with van der Waals surface area (Å²) in [6.45, 7) is 1.85. The van der Waals surface area contributed by atoms with E-state index in [1.807, 2.05) is 37.3 Å². The zero-order valence-electron chi connectivity index (χ0n) is 13.1. The van der Waals surface area contributed by atoms with Gasteiger partial charge in [-0.25, -0.2) is 9.97 Å². The molecular formula is C18H14ClN3O2. The van der Waals surface area contributed by atoms with Crippen molar-refractivity contribution >= 4 is 45.2 Å². The van der Waals surface area contributed by atoms with E-state index in [9.17, 15) is 0 Å². The van der Waals surface area contributed by atoms with Crippen LogP contribution in [0.15, 0.2) is 46.9 Å². The van der Waals surface area contributed by atoms with E-state index >= 15 is 0 Å². The van der Waals surface area contributed by atoms with Gasteiger partial charge >= 0.3 is 0 Å². The summed E-state index contributed by atoms with van der Waals surface area (Å²) >= 11 is 6.19. The number of fused-ring (bicyclic) bond motifs is 3. The normalized spacial score (nSPS) is 11.1. The Kier molecular flexibility index (Phi) is 3.50. The fraction of sp³-hybridized carbons (Fsp3) is 0.111. The van der Waals surface area contributed by atoms with Crippen LogP contribution in [-0.2, 0) is 0 Å². The van der Waals surface area contributed by atoms with Crippen LogP contribution in [0.3, 0.4) is 0 Å². The maximum Gasteiger partial charge on any atom is 0.196 e. The molecule has 4 aromatic rings. The molecule has 4 rings (SSSR count). The van der Waals surface area contributed by atoms with Gasteiger partial charge in [-0.1, -0.05) is 23.7 Å². The van der Waals surface area contributed by atoms with Gasteiger partial charge in [0.2, 0.25) is 0 Å². The molecule has 6 heteroatoms. The number of para-hydroxylation sites is 1. The van der Waals surface area contributed by atoms with Gasteiger partial charge in [-0.3, -0.25) is 0 Å². The number of rotatable bonds is 3. The van der Waals surface area contributed by atoms with Crippen LogP contribution in [0.4, 0.5) is 11.5 Å². The van der Waals surface area contributed by atoms with E-state index in [0.717, 1.165) is 22.2 Å². The zero-order chi connectivity index (χ0) is 16.7. The van der Waals surface area contributed by atoms with Gasteiger partial charge in [0.1, 0.15) is 22.7 Å². The summed E-state index contributed by atoms with van der Waals surface area (Å²) < 4.78 is 11.1. The summed E-state index contributed by atoms with van der Waals surface area (Å²) in [6, 6.07) is 13.3. The van der Waals surface area contributed by atoms with Crippen molar-refractivity contribution in [3.63, 3.8) is 0 Å². The lowest BCUT2D eigenvalue weighted by Gasteiger charge is -2.09. The Morgan fingerprint density at radius 1 is 1.12 bits per heavy atom. The number of hydrogen-bond acceptors (Lipinski definition) is 5. The van der Waals surface area contributed by atoms with Crippen molar-refractivity contribution in [1.29, 1.82) is 0 Å². The Labute approximate surface area is 143 Å². The Morgan fingerprint density at radius 2 is 1.96 bits per heavy atom. The molecule has 0 aliphatic heterocycles. The molecule has 24 heavy (non-hydrogen) atoms. The number of halogens is 1. The number of aromatic nitrogens is 2. The van der Waals surface area contributed by atoms with Crippen LogP contribution in [0.1, 0.15) is 5.82 Å². The van der Waals surface area contributed by atoms with Gasteiger partial charge < -0.3 is 14.5 Å². The first-order valence-corrected chi connectivity index (χ1v) is 7.80. The van der Waals surface area contributed by atoms with Crippen molar-refractivity contribution in [2.75, 3.05) is 12.4 Å². The molecule has 2 heterocycles. The largest absolute Gasteiger partial charge is 0.495 e. The second-order valence-corrected chi connectivity index (χ2v) is 5.78. The minimum absolute atomic E-state index is 0.522. The molecule has 2 aromatic heterocycles. The quantitative estimate of drug-likeness (QED) is 0.563. The van der Waals surface area contributed by atoms with Crippen LogP contribution in [0, 0.1) is 6.92 Å². The Balaban J connectivity index is 1.85. The molecule has 1 N–H and O–H groups in total. The monoisotopic (exact) mass is 339 g/mol. The average molecular weight is 340 g/mol. The highest BCUT2D eigenvalue weighted by Gasteiger charge is 2.15. The first-order valence-electron chi connectivity index (χ1n) is 7.42. The highest BCUT2D eigenvalue weighted by Crippen LogP contribution is 2.34. The number of hydrogen-bond donors (Lipinski definition) is 1. The third-order valence-corrected chi connectivity index (χ3v) is 4.04. The van der Waals surface area contributed by atoms with Gasteiger partial charge in [-0.05, 0) is 37.3 Å². The van der Waals surface area contributed by atoms with Crippen molar-refractivity contribution in [2.45, 2.75) is 6.92 Å². The number of benzene rings is 2. The SMILES string of the molecule is COc1ccc(Nc2nc(C)nc3c2oc2ccccc23)cc1Cl. The van der Waals surface area contributed by atoms with E-state index < -0.39 is 0 Å². The smallest absolute Gasteiger partial charge is 0.196 e. The maximum absolute atomic E-state index is 6.19. The molecule has 0 atom stereocenters. The molecule has 0 bridgehead atoms. The summed E-state index contributed by atoms with van der Waals surface area (Å²) in [5.41, 5.74) is 2.98. The Morgan fingerprint density at radius 3 is 2.75 bits per heavy atom. The van der Waals surface area contributed by atoms with E-state index in [-0.39, 0.29) is 0 Å². The summed E-state index contributed by atoms with van der Waals surface area (Å²) in [5, 5.41) is 4.74. The number of aryl methyl sites for hydroxylation is 1. The zero-order valence-corrected chi connectivity index (χ0v) is 13.9. The van der Waals surface area contributed by atoms with Crippen LogP contribution in [0.25, 0.3) is 22.1 Å². The number of furan rings is 1. The van der Waals surface area contributed by atoms with Crippen LogP contribution < -0.4 is 10.1 Å². The van der Waals surface area contributed by atoms with E-state index in [1.54, 1.807) is 19.2 Å². The second kappa shape index (κ2) is 5.69. The minimum atomic E-state index is 0.522. The molecule has 0 unspecified atom stereocenters. The van der Waals surface area contributed by atoms with Gasteiger partial charge in [0.05, 0.1) is 12.1 Å². The van der Waals surface area contributed by atoms with Crippen molar-refractivity contribution in [3.05, 3.63) is 53.3 Å². The molecule has 0 radical (unpaired) electrons. The predicted molar refractivity (Wildman–Crippen MR) is 95.3 cm³/mol. The van der Waals surface area contributed by atoms with Crippen LogP contribution in [0.2, 0.25) is 5.02 Å². The molecule has 5 nitrogen and oxygen atoms in total. The summed E-state index contributed by atoms with van der Waals surface area (Å²) in [7, 11) is 1.58. The van der Waals surface area contributed by atoms with Gasteiger partial charge in [0, 0.05) is 11.1 Å². The van der Waals surface area contributed by atoms with Crippen molar-refractivity contribution in [2.24, 2.45) is 0 Å². The van der Waals surface area contributed by atoms with Crippen molar-refractivity contribution in [1.82, 2.24) is 9.97 Å². The molecule has 0 amide bonds. The standard InChI is InChI=1S/C18H14ClN3O2/c1-10-20-16-12-5-3-4-6-14(12)24-17(16)18(21-10)22-11-7-8-15(23-2)13(19)9-11/h3-9H,1-2H3,(H,20,21,22). The molecule has 0 aliphatic carbocycles. The minimum Gasteiger partial charge on any atom is -0.495 e. The molecule has 0 fully saturated rings. The molecule has 120 valence electrons. The summed E-state index contributed by atoms with van der Waals surface area (Å²) in [4.78, 5) is 8.99. The number of methoxy groups -OCH3 is 1. The third kappa shape index (κ3) is 2.43. The van der Waals surface area contributed by atoms with Crippen LogP contribution in [0.5, 0.6) is 5.75 Å². The molecule has 0 aliphatic rings. The lowest BCUT2D eigenvalue weighted by molar-refractivity contribution is 0.415. The van der Waals surface area contributed by atoms with Crippen LogP contribution >= 0.6 is 11.6 Å². The number of nitrogens with zero attached hydrogens (tertiary/aromatic N) is 2. The van der Waals surface area contributed by atoms with Gasteiger partial charge in [0.25, 0.3) is 0 Å². The first-order chi connectivity index (χ1) is 11.7. The van der Waals surface area contributed by atoms with Gasteiger partial charge in [-0.15, -0.1) is 0 Å². The number of nitrogens with one attached hydrogen (secondary N) is 1. The summed E-state index contributed by atoms with van der Waals surface area (Å²) in [5.74, 6) is 1.89. The third-order valence-electron chi connectivity index (χ3n) is 3.75. The second-order valence-electron chi connectivity index (χ2n) is 5.37. The van der Waals surface area contributed by atoms with E-state index in [4.69, 9.17) is 20.8 Å². The topological polar surface area (TPSA) is 60.2 Å². The van der Waals surface area contributed by atoms with E-state index in [2.05, 4.69) is 15.3 Å². The van der Waals surface area contributed by atoms with E-state index in [1.165, 1.54) is 0 Å². The fourth-order valence-electron chi connectivity index (χ4n) is 2.67. The number of anilines is 2. The lowest BCUT2D eigenvalue weighted by atomic mass is 10.2. The highest BCUT2D eigenvalue weighted by molar-refractivity contribution is 6.32. The maximum atomic E-state index is 6.19. The first kappa shape index (κ1) is 14.8. The lowest BCUT2D eigenvalue weighted by Crippen LogP contribution is -1.98. The van der Waals surface area contributed by atoms with Crippen LogP contribution in [-0.4, -0.2) is 17.1 Å². The Bertz CT molecular complexity index is 1060. The molecule has 0 spiro atoms. The Hall–Kier alpha value is -2.79. The molecule has 0 saturated carbocycles. The van der Waals surface area contributed by atoms with Gasteiger partial charge in [0.15, 0.2) is 11.4 Å². The highest BCUT2D eigenvalue weighted by atomic mass is 35.5. The average Bonchev–Trinajstić information content (AvgIpc) is 2.94. The van der Waals surface area contributed by atoms with Crippen molar-refractivity contribution in [3.8, 4) is 5.75 Å². The van der Waals surface area contributed by atoms with Crippen molar-refractivity contribution < 1.29 is 9.15 Å². The van der Waals surface area contributed by atoms with E-state index in [0.29, 0.717) is 28.0 Å². The fourth-order valence-corrected chi connectivity index (χ4v) is 2.93. The molecular weight excluding hydrogens is 326 g/mol. The molecule has 2 aromatic carbocycles. The predicted octanol–water partition coefficient (Wildman–Crippen LogP) is 5.09. The van der Waals surface area contributed by atoms with Gasteiger partial charge in [-0.2, -0.15) is 0 Å². The summed E-state index contributed by atoms with van der Waals surface area (Å²) in [6.07, 6.45) is 0.